The van der Waals surface area contributed by atoms with E-state index in [2.05, 4.69) is 117 Å². The molecule has 1 saturated heterocycles. The van der Waals surface area contributed by atoms with Crippen LogP contribution in [0.5, 0.6) is 11.8 Å². The lowest BCUT2D eigenvalue weighted by atomic mass is 10.1. The summed E-state index contributed by atoms with van der Waals surface area (Å²) in [7, 11) is -0.0151. The summed E-state index contributed by atoms with van der Waals surface area (Å²) < 4.78 is 32.7. The van der Waals surface area contributed by atoms with Crippen molar-refractivity contribution in [1.82, 2.24) is 34.2 Å². The number of aryl methyl sites for hydroxylation is 1. The van der Waals surface area contributed by atoms with Crippen LogP contribution in [0.25, 0.3) is 28.1 Å². The second-order valence-electron chi connectivity index (χ2n) is 15.9. The molecule has 4 aromatic rings. The Kier molecular flexibility index (Phi) is 13.0. The minimum atomic E-state index is -1.95. The van der Waals surface area contributed by atoms with E-state index in [1.165, 1.54) is 0 Å². The Balaban J connectivity index is 1.34. The van der Waals surface area contributed by atoms with Crippen molar-refractivity contribution in [2.24, 2.45) is 7.05 Å². The summed E-state index contributed by atoms with van der Waals surface area (Å²) in [4.78, 5) is 2.40. The van der Waals surface area contributed by atoms with Gasteiger partial charge in [0, 0.05) is 32.1 Å². The summed E-state index contributed by atoms with van der Waals surface area (Å²) in [6.07, 6.45) is 6.77. The van der Waals surface area contributed by atoms with Crippen LogP contribution in [0.3, 0.4) is 0 Å². The minimum absolute atomic E-state index is 0.0135. The number of ether oxygens (including phenoxy) is 3. The standard InChI is InChI=1S/C39H60IN7O4Si/c1-13-32-30-21-29(18-19-33(30)47(42-32)35-17-15-16-20-48-35)31-22-41-44(10)38(31)50-27(5)23-45(14-2)25-34-36(40)37(49-26(3)4)43-46(34)24-28(6)51-52(11,12)39(7,8)9/h13,18-19,21-22,26-28,35H,1,14-17,20,23-25H2,2-12H3/t27-,28-,35?/m0/s1. The van der Waals surface area contributed by atoms with Gasteiger partial charge in [0.25, 0.3) is 0 Å². The molecule has 0 N–H and O–H groups in total. The zero-order valence-electron chi connectivity index (χ0n) is 33.2. The Morgan fingerprint density at radius 1 is 1.12 bits per heavy atom. The Morgan fingerprint density at radius 2 is 1.87 bits per heavy atom. The van der Waals surface area contributed by atoms with Crippen LogP contribution in [0, 0.1) is 3.57 Å². The van der Waals surface area contributed by atoms with E-state index >= 15 is 0 Å². The van der Waals surface area contributed by atoms with Crippen molar-refractivity contribution in [3.63, 3.8) is 0 Å². The molecule has 4 heterocycles. The predicted molar refractivity (Wildman–Crippen MR) is 220 cm³/mol. The molecule has 0 radical (unpaired) electrons. The average molecular weight is 846 g/mol. The normalized spacial score (nSPS) is 16.9. The molecule has 1 aliphatic heterocycles. The van der Waals surface area contributed by atoms with Gasteiger partial charge in [0.1, 0.15) is 6.10 Å². The molecule has 1 aromatic carbocycles. The van der Waals surface area contributed by atoms with Gasteiger partial charge in [0.05, 0.1) is 51.0 Å². The van der Waals surface area contributed by atoms with Gasteiger partial charge in [0.2, 0.25) is 11.8 Å². The molecule has 1 fully saturated rings. The van der Waals surface area contributed by atoms with Gasteiger partial charge in [-0.15, -0.1) is 5.10 Å². The SMILES string of the molecule is C=Cc1nn(C2CCCCO2)c2ccc(-c3cnn(C)c3O[C@@H](C)CN(CC)Cc3c(I)c(OC(C)C)nn3C[C@H](C)O[Si](C)(C)C(C)(C)C)cc12. The molecular formula is C39H60IN7O4Si. The van der Waals surface area contributed by atoms with Crippen molar-refractivity contribution in [3.05, 3.63) is 45.9 Å². The Bertz CT molecular complexity index is 1820. The first-order valence-corrected chi connectivity index (χ1v) is 22.8. The third-order valence-electron chi connectivity index (χ3n) is 10.2. The first-order chi connectivity index (χ1) is 24.5. The molecule has 5 rings (SSSR count). The maximum absolute atomic E-state index is 6.75. The quantitative estimate of drug-likeness (QED) is 0.0816. The van der Waals surface area contributed by atoms with Crippen molar-refractivity contribution in [2.75, 3.05) is 19.7 Å². The summed E-state index contributed by atoms with van der Waals surface area (Å²) in [5, 5.41) is 15.6. The van der Waals surface area contributed by atoms with Crippen LogP contribution in [-0.2, 0) is 29.3 Å². The van der Waals surface area contributed by atoms with E-state index in [0.29, 0.717) is 25.5 Å². The fraction of sp³-hybridized carbons (Fsp3) is 0.615. The predicted octanol–water partition coefficient (Wildman–Crippen LogP) is 9.07. The van der Waals surface area contributed by atoms with Crippen molar-refractivity contribution < 1.29 is 18.6 Å². The van der Waals surface area contributed by atoms with Gasteiger partial charge in [-0.05, 0) is 118 Å². The summed E-state index contributed by atoms with van der Waals surface area (Å²) in [5.74, 6) is 1.41. The van der Waals surface area contributed by atoms with Gasteiger partial charge in [-0.25, -0.2) is 9.36 Å². The highest BCUT2D eigenvalue weighted by Crippen LogP contribution is 2.38. The van der Waals surface area contributed by atoms with Gasteiger partial charge < -0.3 is 18.6 Å². The first kappa shape index (κ1) is 40.5. The van der Waals surface area contributed by atoms with Gasteiger partial charge in [-0.3, -0.25) is 9.58 Å². The van der Waals surface area contributed by atoms with Crippen LogP contribution < -0.4 is 9.47 Å². The molecule has 0 spiro atoms. The second-order valence-corrected chi connectivity index (χ2v) is 21.8. The number of nitrogens with zero attached hydrogens (tertiary/aromatic N) is 7. The van der Waals surface area contributed by atoms with Crippen molar-refractivity contribution in [2.45, 2.75) is 130 Å². The molecular weight excluding hydrogens is 785 g/mol. The van der Waals surface area contributed by atoms with Crippen LogP contribution in [0.1, 0.15) is 92.3 Å². The number of hydrogen-bond acceptors (Lipinski definition) is 8. The van der Waals surface area contributed by atoms with Gasteiger partial charge in [0.15, 0.2) is 14.5 Å². The van der Waals surface area contributed by atoms with Crippen LogP contribution in [-0.4, -0.2) is 80.6 Å². The number of benzene rings is 1. The Labute approximate surface area is 325 Å². The highest BCUT2D eigenvalue weighted by Gasteiger charge is 2.38. The maximum Gasteiger partial charge on any atom is 0.246 e. The molecule has 13 heteroatoms. The minimum Gasteiger partial charge on any atom is -0.473 e. The fourth-order valence-electron chi connectivity index (χ4n) is 6.50. The number of aromatic nitrogens is 6. The zero-order chi connectivity index (χ0) is 38.0. The van der Waals surface area contributed by atoms with Gasteiger partial charge >= 0.3 is 0 Å². The highest BCUT2D eigenvalue weighted by molar-refractivity contribution is 14.1. The van der Waals surface area contributed by atoms with E-state index in [0.717, 1.165) is 75.3 Å². The van der Waals surface area contributed by atoms with Crippen molar-refractivity contribution >= 4 is 47.9 Å². The van der Waals surface area contributed by atoms with E-state index in [4.69, 9.17) is 28.8 Å². The summed E-state index contributed by atoms with van der Waals surface area (Å²) in [6, 6.07) is 6.42. The molecule has 3 aromatic heterocycles. The molecule has 0 amide bonds. The second kappa shape index (κ2) is 16.7. The third kappa shape index (κ3) is 9.14. The smallest absolute Gasteiger partial charge is 0.246 e. The molecule has 3 atom stereocenters. The number of rotatable bonds is 16. The van der Waals surface area contributed by atoms with E-state index in [1.807, 2.05) is 42.5 Å². The van der Waals surface area contributed by atoms with Crippen LogP contribution >= 0.6 is 22.6 Å². The monoisotopic (exact) mass is 845 g/mol. The molecule has 11 nitrogen and oxygen atoms in total. The Morgan fingerprint density at radius 3 is 2.50 bits per heavy atom. The maximum atomic E-state index is 6.75. The highest BCUT2D eigenvalue weighted by atomic mass is 127. The van der Waals surface area contributed by atoms with Crippen molar-refractivity contribution in [1.29, 1.82) is 0 Å². The summed E-state index contributed by atoms with van der Waals surface area (Å²) >= 11 is 2.39. The lowest BCUT2D eigenvalue weighted by molar-refractivity contribution is -0.0367. The zero-order valence-corrected chi connectivity index (χ0v) is 36.4. The fourth-order valence-corrected chi connectivity index (χ4v) is 8.62. The average Bonchev–Trinajstić information content (AvgIpc) is 3.72. The summed E-state index contributed by atoms with van der Waals surface area (Å²) in [5.41, 5.74) is 4.98. The summed E-state index contributed by atoms with van der Waals surface area (Å²) in [6.45, 7) is 29.7. The number of hydrogen-bond donors (Lipinski definition) is 0. The lowest BCUT2D eigenvalue weighted by Gasteiger charge is -2.38. The van der Waals surface area contributed by atoms with E-state index in [1.54, 1.807) is 0 Å². The molecule has 0 saturated carbocycles. The molecule has 1 unspecified atom stereocenters. The molecule has 286 valence electrons. The molecule has 52 heavy (non-hydrogen) atoms. The van der Waals surface area contributed by atoms with Crippen LogP contribution in [0.2, 0.25) is 18.1 Å². The number of halogens is 1. The van der Waals surface area contributed by atoms with Crippen LogP contribution in [0.4, 0.5) is 0 Å². The molecule has 0 aliphatic carbocycles. The molecule has 0 bridgehead atoms. The lowest BCUT2D eigenvalue weighted by Crippen LogP contribution is -2.44. The van der Waals surface area contributed by atoms with E-state index in [9.17, 15) is 0 Å². The molecule has 1 aliphatic rings. The first-order valence-electron chi connectivity index (χ1n) is 18.8. The number of fused-ring (bicyclic) bond motifs is 1. The Hall–Kier alpha value is -2.72. The third-order valence-corrected chi connectivity index (χ3v) is 15.9. The van der Waals surface area contributed by atoms with Gasteiger partial charge in [-0.2, -0.15) is 10.2 Å². The van der Waals surface area contributed by atoms with E-state index < -0.39 is 8.32 Å². The number of likely N-dealkylation sites (N-methyl/N-ethyl adjacent to an activating group) is 1. The van der Waals surface area contributed by atoms with E-state index in [-0.39, 0.29) is 29.6 Å². The largest absolute Gasteiger partial charge is 0.473 e. The van der Waals surface area contributed by atoms with Crippen LogP contribution in [0.15, 0.2) is 31.0 Å². The topological polar surface area (TPSA) is 93.6 Å². The van der Waals surface area contributed by atoms with Gasteiger partial charge in [-0.1, -0.05) is 40.3 Å². The van der Waals surface area contributed by atoms with Crippen molar-refractivity contribution in [3.8, 4) is 22.9 Å².